The summed E-state index contributed by atoms with van der Waals surface area (Å²) in [4.78, 5) is 4.25. The molecular formula is C18H12F3N5O2S. The van der Waals surface area contributed by atoms with Crippen LogP contribution in [0.2, 0.25) is 0 Å². The Bertz CT molecular complexity index is 1080. The van der Waals surface area contributed by atoms with Crippen molar-refractivity contribution in [1.82, 2.24) is 25.2 Å². The van der Waals surface area contributed by atoms with Gasteiger partial charge in [0.25, 0.3) is 0 Å². The number of benzene rings is 2. The van der Waals surface area contributed by atoms with Gasteiger partial charge in [0.1, 0.15) is 5.75 Å². The zero-order valence-electron chi connectivity index (χ0n) is 14.6. The van der Waals surface area contributed by atoms with Gasteiger partial charge in [-0.25, -0.2) is 4.98 Å². The van der Waals surface area contributed by atoms with Gasteiger partial charge in [-0.05, 0) is 34.7 Å². The molecule has 148 valence electrons. The molecule has 0 unspecified atom stereocenters. The van der Waals surface area contributed by atoms with Gasteiger partial charge >= 0.3 is 6.36 Å². The topological polar surface area (TPSA) is 78.9 Å². The van der Waals surface area contributed by atoms with Crippen LogP contribution in [0.5, 0.6) is 5.75 Å². The number of hydrogen-bond donors (Lipinski definition) is 0. The maximum Gasteiger partial charge on any atom is 0.573 e. The number of thioether (sulfide) groups is 1. The van der Waals surface area contributed by atoms with E-state index in [0.717, 1.165) is 5.56 Å². The first-order valence-corrected chi connectivity index (χ1v) is 9.24. The Morgan fingerprint density at radius 2 is 1.79 bits per heavy atom. The smallest absolute Gasteiger partial charge is 0.440 e. The van der Waals surface area contributed by atoms with E-state index in [9.17, 15) is 13.2 Å². The first-order valence-electron chi connectivity index (χ1n) is 8.25. The summed E-state index contributed by atoms with van der Waals surface area (Å²) < 4.78 is 47.8. The van der Waals surface area contributed by atoms with E-state index >= 15 is 0 Å². The van der Waals surface area contributed by atoms with Crippen LogP contribution in [0.3, 0.4) is 0 Å². The lowest BCUT2D eigenvalue weighted by Crippen LogP contribution is -2.17. The molecule has 2 heterocycles. The highest BCUT2D eigenvalue weighted by molar-refractivity contribution is 7.98. The minimum Gasteiger partial charge on any atom is -0.440 e. The SMILES string of the molecule is FC(F)(F)Oc1ccc(-n2nnnc2SCc2ncc(-c3ccccc3)o2)cc1. The van der Waals surface area contributed by atoms with Crippen LogP contribution in [0.1, 0.15) is 5.89 Å². The van der Waals surface area contributed by atoms with Crippen LogP contribution in [0.15, 0.2) is 70.4 Å². The second-order valence-corrected chi connectivity index (χ2v) is 6.63. The summed E-state index contributed by atoms with van der Waals surface area (Å²) in [7, 11) is 0. The lowest BCUT2D eigenvalue weighted by atomic mass is 10.2. The summed E-state index contributed by atoms with van der Waals surface area (Å²) in [6.45, 7) is 0. The van der Waals surface area contributed by atoms with Crippen LogP contribution in [0, 0.1) is 0 Å². The molecule has 0 aliphatic carbocycles. The maximum absolute atomic E-state index is 12.3. The van der Waals surface area contributed by atoms with Gasteiger partial charge in [-0.2, -0.15) is 4.68 Å². The lowest BCUT2D eigenvalue weighted by Gasteiger charge is -2.09. The van der Waals surface area contributed by atoms with Crippen LogP contribution in [-0.4, -0.2) is 31.6 Å². The van der Waals surface area contributed by atoms with Crippen LogP contribution < -0.4 is 4.74 Å². The molecule has 29 heavy (non-hydrogen) atoms. The zero-order valence-corrected chi connectivity index (χ0v) is 15.4. The summed E-state index contributed by atoms with van der Waals surface area (Å²) in [6.07, 6.45) is -3.10. The molecule has 0 spiro atoms. The van der Waals surface area contributed by atoms with Crippen LogP contribution in [0.4, 0.5) is 13.2 Å². The van der Waals surface area contributed by atoms with Gasteiger partial charge in [-0.3, -0.25) is 0 Å². The third-order valence-corrected chi connectivity index (χ3v) is 4.60. The Hall–Kier alpha value is -3.34. The highest BCUT2D eigenvalue weighted by Crippen LogP contribution is 2.27. The van der Waals surface area contributed by atoms with E-state index in [0.29, 0.717) is 28.2 Å². The number of tetrazole rings is 1. The Kier molecular flexibility index (Phi) is 5.21. The van der Waals surface area contributed by atoms with E-state index < -0.39 is 6.36 Å². The number of rotatable bonds is 6. The summed E-state index contributed by atoms with van der Waals surface area (Å²) >= 11 is 1.28. The monoisotopic (exact) mass is 419 g/mol. The molecule has 0 amide bonds. The van der Waals surface area contributed by atoms with Gasteiger partial charge in [0.15, 0.2) is 5.76 Å². The van der Waals surface area contributed by atoms with Crippen molar-refractivity contribution in [1.29, 1.82) is 0 Å². The van der Waals surface area contributed by atoms with E-state index in [1.54, 1.807) is 6.20 Å². The largest absolute Gasteiger partial charge is 0.573 e. The molecule has 7 nitrogen and oxygen atoms in total. The summed E-state index contributed by atoms with van der Waals surface area (Å²) in [5.41, 5.74) is 1.41. The molecular weight excluding hydrogens is 407 g/mol. The fraction of sp³-hybridized carbons (Fsp3) is 0.111. The Labute approximate surface area is 166 Å². The van der Waals surface area contributed by atoms with Crippen molar-refractivity contribution in [2.45, 2.75) is 17.3 Å². The Balaban J connectivity index is 1.44. The number of halogens is 3. The molecule has 0 atom stereocenters. The van der Waals surface area contributed by atoms with Gasteiger partial charge in [-0.1, -0.05) is 42.1 Å². The predicted molar refractivity (Wildman–Crippen MR) is 97.3 cm³/mol. The average molecular weight is 419 g/mol. The molecule has 0 bridgehead atoms. The van der Waals surface area contributed by atoms with Crippen molar-refractivity contribution in [3.05, 3.63) is 66.7 Å². The van der Waals surface area contributed by atoms with E-state index in [-0.39, 0.29) is 5.75 Å². The van der Waals surface area contributed by atoms with E-state index in [4.69, 9.17) is 4.42 Å². The highest BCUT2D eigenvalue weighted by atomic mass is 32.2. The molecule has 2 aromatic carbocycles. The molecule has 4 rings (SSSR count). The van der Waals surface area contributed by atoms with E-state index in [1.807, 2.05) is 30.3 Å². The third kappa shape index (κ3) is 4.74. The van der Waals surface area contributed by atoms with E-state index in [1.165, 1.54) is 40.7 Å². The summed E-state index contributed by atoms with van der Waals surface area (Å²) in [5, 5.41) is 11.9. The van der Waals surface area contributed by atoms with Gasteiger partial charge in [0, 0.05) is 5.56 Å². The minimum absolute atomic E-state index is 0.322. The molecule has 2 aromatic heterocycles. The maximum atomic E-state index is 12.3. The average Bonchev–Trinajstić information content (AvgIpc) is 3.36. The normalized spacial score (nSPS) is 11.6. The first-order chi connectivity index (χ1) is 14.0. The zero-order chi connectivity index (χ0) is 20.3. The van der Waals surface area contributed by atoms with Crippen molar-refractivity contribution < 1.29 is 22.3 Å². The molecule has 0 aliphatic rings. The van der Waals surface area contributed by atoms with Crippen LogP contribution in [-0.2, 0) is 5.75 Å². The molecule has 0 N–H and O–H groups in total. The van der Waals surface area contributed by atoms with E-state index in [2.05, 4.69) is 25.2 Å². The standard InChI is InChI=1S/C18H12F3N5O2S/c19-18(20,21)28-14-8-6-13(7-9-14)26-17(23-24-25-26)29-11-16-22-10-15(27-16)12-4-2-1-3-5-12/h1-10H,11H2. The molecule has 4 aromatic rings. The summed E-state index contributed by atoms with van der Waals surface area (Å²) in [5.74, 6) is 1.21. The number of nitrogens with zero attached hydrogens (tertiary/aromatic N) is 5. The Morgan fingerprint density at radius 1 is 1.03 bits per heavy atom. The fourth-order valence-electron chi connectivity index (χ4n) is 2.46. The molecule has 0 radical (unpaired) electrons. The molecule has 0 aliphatic heterocycles. The van der Waals surface area contributed by atoms with Gasteiger partial charge in [0.2, 0.25) is 11.0 Å². The lowest BCUT2D eigenvalue weighted by molar-refractivity contribution is -0.274. The number of aromatic nitrogens is 5. The van der Waals surface area contributed by atoms with Gasteiger partial charge in [0.05, 0.1) is 17.6 Å². The van der Waals surface area contributed by atoms with Crippen LogP contribution >= 0.6 is 11.8 Å². The van der Waals surface area contributed by atoms with Gasteiger partial charge < -0.3 is 9.15 Å². The van der Waals surface area contributed by atoms with Crippen molar-refractivity contribution in [3.8, 4) is 22.8 Å². The minimum atomic E-state index is -4.74. The number of hydrogen-bond acceptors (Lipinski definition) is 7. The van der Waals surface area contributed by atoms with Crippen molar-refractivity contribution in [3.63, 3.8) is 0 Å². The van der Waals surface area contributed by atoms with Gasteiger partial charge in [-0.15, -0.1) is 18.3 Å². The fourth-order valence-corrected chi connectivity index (χ4v) is 3.20. The third-order valence-electron chi connectivity index (χ3n) is 3.69. The van der Waals surface area contributed by atoms with Crippen molar-refractivity contribution in [2.75, 3.05) is 0 Å². The number of ether oxygens (including phenoxy) is 1. The van der Waals surface area contributed by atoms with Crippen LogP contribution in [0.25, 0.3) is 17.0 Å². The molecule has 0 saturated heterocycles. The molecule has 0 saturated carbocycles. The quantitative estimate of drug-likeness (QED) is 0.426. The Morgan fingerprint density at radius 3 is 2.52 bits per heavy atom. The first kappa shape index (κ1) is 19.0. The second kappa shape index (κ2) is 7.95. The summed E-state index contributed by atoms with van der Waals surface area (Å²) in [6, 6.07) is 14.8. The van der Waals surface area contributed by atoms with Crippen molar-refractivity contribution >= 4 is 11.8 Å². The highest BCUT2D eigenvalue weighted by Gasteiger charge is 2.31. The number of oxazole rings is 1. The molecule has 0 fully saturated rings. The van der Waals surface area contributed by atoms with Crippen molar-refractivity contribution in [2.24, 2.45) is 0 Å². The predicted octanol–water partition coefficient (Wildman–Crippen LogP) is 4.51. The molecule has 11 heteroatoms. The number of alkyl halides is 3. The second-order valence-electron chi connectivity index (χ2n) is 5.69.